The van der Waals surface area contributed by atoms with Gasteiger partial charge in [0.15, 0.2) is 0 Å². The summed E-state index contributed by atoms with van der Waals surface area (Å²) in [7, 11) is 0. The van der Waals surface area contributed by atoms with Gasteiger partial charge in [0, 0.05) is 18.7 Å². The summed E-state index contributed by atoms with van der Waals surface area (Å²) in [5, 5.41) is 15.5. The van der Waals surface area contributed by atoms with E-state index in [4.69, 9.17) is 0 Å². The fourth-order valence-corrected chi connectivity index (χ4v) is 3.14. The molecule has 20 heavy (non-hydrogen) atoms. The van der Waals surface area contributed by atoms with Crippen molar-refractivity contribution in [2.45, 2.75) is 84.3 Å². The Hall–Kier alpha value is -0.830. The van der Waals surface area contributed by atoms with Gasteiger partial charge in [0.1, 0.15) is 0 Å². The van der Waals surface area contributed by atoms with Crippen LogP contribution in [0.25, 0.3) is 0 Å². The molecule has 0 bridgehead atoms. The molecule has 0 aromatic carbocycles. The summed E-state index contributed by atoms with van der Waals surface area (Å²) in [6, 6.07) is 2.51. The number of hydrogen-bond donors (Lipinski definition) is 1. The van der Waals surface area contributed by atoms with Crippen LogP contribution in [-0.4, -0.2) is 20.5 Å². The van der Waals surface area contributed by atoms with Crippen LogP contribution in [-0.2, 0) is 6.42 Å². The maximum atomic E-state index is 10.9. The maximum Gasteiger partial charge on any atom is 0.0703 e. The molecule has 114 valence electrons. The van der Waals surface area contributed by atoms with E-state index in [9.17, 15) is 5.11 Å². The van der Waals surface area contributed by atoms with E-state index in [0.717, 1.165) is 37.8 Å². The first-order chi connectivity index (χ1) is 9.34. The summed E-state index contributed by atoms with van der Waals surface area (Å²) in [5.74, 6) is 0. The number of nitrogens with zero attached hydrogens (tertiary/aromatic N) is 2. The zero-order valence-corrected chi connectivity index (χ0v) is 13.5. The smallest absolute Gasteiger partial charge is 0.0703 e. The lowest BCUT2D eigenvalue weighted by atomic mass is 9.83. The third-order valence-electron chi connectivity index (χ3n) is 4.98. The first kappa shape index (κ1) is 15.6. The Balaban J connectivity index is 2.03. The van der Waals surface area contributed by atoms with Gasteiger partial charge in [0.2, 0.25) is 0 Å². The molecule has 1 aliphatic carbocycles. The Labute approximate surface area is 123 Å². The van der Waals surface area contributed by atoms with Gasteiger partial charge in [0.05, 0.1) is 11.3 Å². The second kappa shape index (κ2) is 5.88. The summed E-state index contributed by atoms with van der Waals surface area (Å²) in [6.45, 7) is 8.99. The van der Waals surface area contributed by atoms with Gasteiger partial charge in [0.25, 0.3) is 0 Å². The van der Waals surface area contributed by atoms with Crippen LogP contribution in [0.1, 0.15) is 78.0 Å². The fourth-order valence-electron chi connectivity index (χ4n) is 3.14. The monoisotopic (exact) mass is 278 g/mol. The lowest BCUT2D eigenvalue weighted by Crippen LogP contribution is -2.31. The SMILES string of the molecule is CCC(C)n1ccc(CC2(O)CCCC(C)(C)CC2)n1. The van der Waals surface area contributed by atoms with Gasteiger partial charge in [-0.15, -0.1) is 0 Å². The fraction of sp³-hybridized carbons (Fsp3) is 0.824. The first-order valence-electron chi connectivity index (χ1n) is 8.10. The van der Waals surface area contributed by atoms with E-state index in [-0.39, 0.29) is 0 Å². The Kier molecular flexibility index (Phi) is 4.58. The van der Waals surface area contributed by atoms with E-state index in [1.54, 1.807) is 0 Å². The highest BCUT2D eigenvalue weighted by Gasteiger charge is 2.34. The van der Waals surface area contributed by atoms with E-state index >= 15 is 0 Å². The van der Waals surface area contributed by atoms with E-state index in [1.807, 2.05) is 10.9 Å². The van der Waals surface area contributed by atoms with Crippen LogP contribution >= 0.6 is 0 Å². The van der Waals surface area contributed by atoms with Crippen LogP contribution in [0.4, 0.5) is 0 Å². The lowest BCUT2D eigenvalue weighted by Gasteiger charge is -2.27. The van der Waals surface area contributed by atoms with Crippen molar-refractivity contribution in [3.05, 3.63) is 18.0 Å². The van der Waals surface area contributed by atoms with Crippen molar-refractivity contribution in [2.24, 2.45) is 5.41 Å². The molecule has 0 saturated heterocycles. The number of rotatable bonds is 4. The van der Waals surface area contributed by atoms with Gasteiger partial charge in [-0.1, -0.05) is 27.2 Å². The van der Waals surface area contributed by atoms with Crippen molar-refractivity contribution in [3.8, 4) is 0 Å². The molecule has 1 heterocycles. The molecular formula is C17H30N2O. The standard InChI is InChI=1S/C17H30N2O/c1-5-14(2)19-12-7-15(18-19)13-17(20)9-6-8-16(3,4)10-11-17/h7,12,14,20H,5-6,8-11,13H2,1-4H3. The van der Waals surface area contributed by atoms with Crippen LogP contribution in [0.3, 0.4) is 0 Å². The van der Waals surface area contributed by atoms with Crippen molar-refractivity contribution >= 4 is 0 Å². The molecule has 3 heteroatoms. The summed E-state index contributed by atoms with van der Waals surface area (Å²) in [4.78, 5) is 0. The summed E-state index contributed by atoms with van der Waals surface area (Å²) in [6.07, 6.45) is 9.09. The summed E-state index contributed by atoms with van der Waals surface area (Å²) >= 11 is 0. The van der Waals surface area contributed by atoms with Crippen LogP contribution in [0.15, 0.2) is 12.3 Å². The van der Waals surface area contributed by atoms with E-state index < -0.39 is 5.60 Å². The molecule has 2 unspecified atom stereocenters. The molecular weight excluding hydrogens is 248 g/mol. The van der Waals surface area contributed by atoms with E-state index in [1.165, 1.54) is 6.42 Å². The van der Waals surface area contributed by atoms with Gasteiger partial charge in [-0.05, 0) is 50.5 Å². The maximum absolute atomic E-state index is 10.9. The predicted octanol–water partition coefficient (Wildman–Crippen LogP) is 4.12. The molecule has 1 fully saturated rings. The summed E-state index contributed by atoms with van der Waals surface area (Å²) < 4.78 is 2.03. The minimum atomic E-state index is -0.553. The minimum absolute atomic E-state index is 0.376. The molecule has 2 atom stereocenters. The Morgan fingerprint density at radius 1 is 1.30 bits per heavy atom. The average molecular weight is 278 g/mol. The largest absolute Gasteiger partial charge is 0.389 e. The van der Waals surface area contributed by atoms with Crippen molar-refractivity contribution in [1.82, 2.24) is 9.78 Å². The molecule has 1 saturated carbocycles. The minimum Gasteiger partial charge on any atom is -0.389 e. The van der Waals surface area contributed by atoms with Gasteiger partial charge < -0.3 is 5.11 Å². The molecule has 0 spiro atoms. The number of aromatic nitrogens is 2. The quantitative estimate of drug-likeness (QED) is 0.841. The van der Waals surface area contributed by atoms with Gasteiger partial charge in [-0.3, -0.25) is 4.68 Å². The molecule has 2 rings (SSSR count). The van der Waals surface area contributed by atoms with Crippen LogP contribution < -0.4 is 0 Å². The lowest BCUT2D eigenvalue weighted by molar-refractivity contribution is 0.0215. The highest BCUT2D eigenvalue weighted by Crippen LogP contribution is 2.39. The topological polar surface area (TPSA) is 38.0 Å². The van der Waals surface area contributed by atoms with Crippen LogP contribution in [0.5, 0.6) is 0 Å². The molecule has 0 radical (unpaired) electrons. The van der Waals surface area contributed by atoms with Crippen molar-refractivity contribution in [1.29, 1.82) is 0 Å². The Morgan fingerprint density at radius 3 is 2.75 bits per heavy atom. The number of hydrogen-bond acceptors (Lipinski definition) is 2. The van der Waals surface area contributed by atoms with Crippen LogP contribution in [0, 0.1) is 5.41 Å². The van der Waals surface area contributed by atoms with Gasteiger partial charge in [-0.2, -0.15) is 5.10 Å². The first-order valence-corrected chi connectivity index (χ1v) is 8.10. The van der Waals surface area contributed by atoms with Crippen molar-refractivity contribution in [3.63, 3.8) is 0 Å². The Morgan fingerprint density at radius 2 is 2.05 bits per heavy atom. The molecule has 1 aromatic heterocycles. The highest BCUT2D eigenvalue weighted by atomic mass is 16.3. The molecule has 0 aliphatic heterocycles. The van der Waals surface area contributed by atoms with Crippen LogP contribution in [0.2, 0.25) is 0 Å². The zero-order chi connectivity index (χ0) is 14.8. The third-order valence-corrected chi connectivity index (χ3v) is 4.98. The van der Waals surface area contributed by atoms with Crippen molar-refractivity contribution in [2.75, 3.05) is 0 Å². The molecule has 0 amide bonds. The van der Waals surface area contributed by atoms with E-state index in [0.29, 0.717) is 17.9 Å². The molecule has 1 aliphatic rings. The van der Waals surface area contributed by atoms with E-state index in [2.05, 4.69) is 38.9 Å². The molecule has 1 aromatic rings. The molecule has 3 nitrogen and oxygen atoms in total. The summed E-state index contributed by atoms with van der Waals surface area (Å²) in [5.41, 5.74) is 0.857. The normalized spacial score (nSPS) is 28.1. The van der Waals surface area contributed by atoms with Gasteiger partial charge in [-0.25, -0.2) is 0 Å². The number of aliphatic hydroxyl groups is 1. The Bertz CT molecular complexity index is 438. The molecule has 1 N–H and O–H groups in total. The highest BCUT2D eigenvalue weighted by molar-refractivity contribution is 5.05. The van der Waals surface area contributed by atoms with Crippen molar-refractivity contribution < 1.29 is 5.11 Å². The third kappa shape index (κ3) is 3.85. The predicted molar refractivity (Wildman–Crippen MR) is 82.7 cm³/mol. The van der Waals surface area contributed by atoms with Gasteiger partial charge >= 0.3 is 0 Å². The average Bonchev–Trinajstić information content (AvgIpc) is 2.78. The zero-order valence-electron chi connectivity index (χ0n) is 13.5. The second-order valence-corrected chi connectivity index (χ2v) is 7.46. The second-order valence-electron chi connectivity index (χ2n) is 7.46.